The lowest BCUT2D eigenvalue weighted by Gasteiger charge is -2.09. The molecule has 0 saturated carbocycles. The van der Waals surface area contributed by atoms with Crippen LogP contribution >= 0.6 is 0 Å². The van der Waals surface area contributed by atoms with Gasteiger partial charge in [-0.1, -0.05) is 36.4 Å². The second kappa shape index (κ2) is 6.92. The summed E-state index contributed by atoms with van der Waals surface area (Å²) in [6.45, 7) is 0.238. The molecular formula is C19H16FNO2. The first-order valence-corrected chi connectivity index (χ1v) is 7.38. The molecule has 0 spiro atoms. The van der Waals surface area contributed by atoms with Crippen molar-refractivity contribution in [2.45, 2.75) is 6.42 Å². The van der Waals surface area contributed by atoms with E-state index in [0.717, 1.165) is 16.5 Å². The zero-order valence-corrected chi connectivity index (χ0v) is 12.5. The third kappa shape index (κ3) is 3.86. The fourth-order valence-corrected chi connectivity index (χ4v) is 2.34. The molecule has 1 N–H and O–H groups in total. The monoisotopic (exact) mass is 309 g/mol. The molecule has 1 amide bonds. The van der Waals surface area contributed by atoms with Crippen molar-refractivity contribution in [1.29, 1.82) is 0 Å². The first kappa shape index (κ1) is 15.0. The minimum atomic E-state index is -0.314. The normalized spacial score (nSPS) is 10.5. The van der Waals surface area contributed by atoms with Crippen molar-refractivity contribution in [3.8, 4) is 5.75 Å². The number of anilines is 1. The second-order valence-corrected chi connectivity index (χ2v) is 5.13. The Balaban J connectivity index is 1.57. The van der Waals surface area contributed by atoms with Crippen LogP contribution in [0.25, 0.3) is 10.8 Å². The van der Waals surface area contributed by atoms with Gasteiger partial charge < -0.3 is 10.1 Å². The molecule has 0 heterocycles. The fraction of sp³-hybridized carbons (Fsp3) is 0.105. The van der Waals surface area contributed by atoms with Crippen LogP contribution in [0.3, 0.4) is 0 Å². The molecule has 4 heteroatoms. The van der Waals surface area contributed by atoms with E-state index in [1.165, 1.54) is 24.3 Å². The first-order valence-electron chi connectivity index (χ1n) is 7.38. The van der Waals surface area contributed by atoms with Gasteiger partial charge in [0.1, 0.15) is 11.6 Å². The molecule has 23 heavy (non-hydrogen) atoms. The van der Waals surface area contributed by atoms with Crippen LogP contribution in [0.4, 0.5) is 10.1 Å². The summed E-state index contributed by atoms with van der Waals surface area (Å²) < 4.78 is 18.2. The number of hydrogen-bond acceptors (Lipinski definition) is 2. The number of amides is 1. The van der Waals surface area contributed by atoms with Crippen LogP contribution in [0, 0.1) is 5.82 Å². The van der Waals surface area contributed by atoms with Gasteiger partial charge in [0.15, 0.2) is 0 Å². The Hall–Kier alpha value is -2.88. The predicted molar refractivity (Wildman–Crippen MR) is 89.1 cm³/mol. The maximum Gasteiger partial charge on any atom is 0.227 e. The zero-order chi connectivity index (χ0) is 16.1. The van der Waals surface area contributed by atoms with E-state index in [4.69, 9.17) is 4.74 Å². The van der Waals surface area contributed by atoms with Crippen molar-refractivity contribution in [3.63, 3.8) is 0 Å². The van der Waals surface area contributed by atoms with E-state index in [1.807, 2.05) is 42.5 Å². The summed E-state index contributed by atoms with van der Waals surface area (Å²) in [6, 6.07) is 19.4. The van der Waals surface area contributed by atoms with Gasteiger partial charge in [-0.3, -0.25) is 4.79 Å². The summed E-state index contributed by atoms with van der Waals surface area (Å²) in [5.74, 6) is 0.110. The lowest BCUT2D eigenvalue weighted by molar-refractivity contribution is -0.116. The van der Waals surface area contributed by atoms with Crippen LogP contribution in [0.15, 0.2) is 66.7 Å². The van der Waals surface area contributed by atoms with Gasteiger partial charge in [-0.25, -0.2) is 4.39 Å². The smallest absolute Gasteiger partial charge is 0.227 e. The number of halogens is 1. The Morgan fingerprint density at radius 3 is 2.52 bits per heavy atom. The molecule has 0 bridgehead atoms. The maximum atomic E-state index is 12.8. The van der Waals surface area contributed by atoms with Gasteiger partial charge in [0, 0.05) is 11.1 Å². The van der Waals surface area contributed by atoms with Gasteiger partial charge in [0.25, 0.3) is 0 Å². The van der Waals surface area contributed by atoms with Crippen LogP contribution in [-0.4, -0.2) is 12.5 Å². The minimum Gasteiger partial charge on any atom is -0.493 e. The summed E-state index contributed by atoms with van der Waals surface area (Å²) in [5, 5.41) is 4.98. The Labute approximate surface area is 133 Å². The summed E-state index contributed by atoms with van der Waals surface area (Å²) in [5.41, 5.74) is 0.787. The molecule has 3 aromatic carbocycles. The highest BCUT2D eigenvalue weighted by atomic mass is 19.1. The molecule has 3 nitrogen and oxygen atoms in total. The predicted octanol–water partition coefficient (Wildman–Crippen LogP) is 4.39. The number of fused-ring (bicyclic) bond motifs is 1. The SMILES string of the molecule is O=C(CCOc1ccc(F)cc1)Nc1cccc2ccccc12. The number of benzene rings is 3. The van der Waals surface area contributed by atoms with Gasteiger partial charge in [0.2, 0.25) is 5.91 Å². The van der Waals surface area contributed by atoms with E-state index in [2.05, 4.69) is 5.32 Å². The molecule has 3 aromatic rings. The fourth-order valence-electron chi connectivity index (χ4n) is 2.34. The average molecular weight is 309 g/mol. The van der Waals surface area contributed by atoms with Gasteiger partial charge in [0.05, 0.1) is 13.0 Å². The molecule has 116 valence electrons. The van der Waals surface area contributed by atoms with Crippen LogP contribution < -0.4 is 10.1 Å². The van der Waals surface area contributed by atoms with E-state index in [-0.39, 0.29) is 24.8 Å². The standard InChI is InChI=1S/C19H16FNO2/c20-15-8-10-16(11-9-15)23-13-12-19(22)21-18-7-3-5-14-4-1-2-6-17(14)18/h1-11H,12-13H2,(H,21,22). The molecule has 0 radical (unpaired) electrons. The molecule has 0 fully saturated rings. The molecular weight excluding hydrogens is 293 g/mol. The summed E-state index contributed by atoms with van der Waals surface area (Å²) in [6.07, 6.45) is 0.223. The largest absolute Gasteiger partial charge is 0.493 e. The number of carbonyl (C=O) groups excluding carboxylic acids is 1. The van der Waals surface area contributed by atoms with Crippen molar-refractivity contribution in [2.75, 3.05) is 11.9 Å². The summed E-state index contributed by atoms with van der Waals surface area (Å²) >= 11 is 0. The number of rotatable bonds is 5. The average Bonchev–Trinajstić information content (AvgIpc) is 2.57. The highest BCUT2D eigenvalue weighted by Gasteiger charge is 2.06. The van der Waals surface area contributed by atoms with Crippen LogP contribution in [0.1, 0.15) is 6.42 Å². The molecule has 3 rings (SSSR count). The van der Waals surface area contributed by atoms with Gasteiger partial charge in [-0.05, 0) is 35.7 Å². The topological polar surface area (TPSA) is 38.3 Å². The van der Waals surface area contributed by atoms with Gasteiger partial charge in [-0.2, -0.15) is 0 Å². The van der Waals surface area contributed by atoms with Crippen molar-refractivity contribution in [3.05, 3.63) is 72.5 Å². The highest BCUT2D eigenvalue weighted by molar-refractivity contribution is 6.02. The third-order valence-electron chi connectivity index (χ3n) is 3.48. The molecule has 0 atom stereocenters. The molecule has 0 aliphatic carbocycles. The summed E-state index contributed by atoms with van der Waals surface area (Å²) in [4.78, 5) is 12.0. The molecule has 0 unspecified atom stereocenters. The number of ether oxygens (including phenoxy) is 1. The van der Waals surface area contributed by atoms with Crippen molar-refractivity contribution in [1.82, 2.24) is 0 Å². The zero-order valence-electron chi connectivity index (χ0n) is 12.5. The van der Waals surface area contributed by atoms with Crippen LogP contribution in [-0.2, 0) is 4.79 Å². The number of nitrogens with one attached hydrogen (secondary N) is 1. The van der Waals surface area contributed by atoms with Gasteiger partial charge in [-0.15, -0.1) is 0 Å². The molecule has 0 aromatic heterocycles. The number of carbonyl (C=O) groups is 1. The molecule has 0 aliphatic rings. The number of hydrogen-bond donors (Lipinski definition) is 1. The Kier molecular flexibility index (Phi) is 4.52. The molecule has 0 saturated heterocycles. The Morgan fingerprint density at radius 1 is 0.957 bits per heavy atom. The second-order valence-electron chi connectivity index (χ2n) is 5.13. The first-order chi connectivity index (χ1) is 11.2. The van der Waals surface area contributed by atoms with Crippen molar-refractivity contribution >= 4 is 22.4 Å². The van der Waals surface area contributed by atoms with Crippen molar-refractivity contribution < 1.29 is 13.9 Å². The third-order valence-corrected chi connectivity index (χ3v) is 3.48. The minimum absolute atomic E-state index is 0.122. The molecule has 0 aliphatic heterocycles. The van der Waals surface area contributed by atoms with E-state index in [9.17, 15) is 9.18 Å². The Bertz CT molecular complexity index is 810. The maximum absolute atomic E-state index is 12.8. The lowest BCUT2D eigenvalue weighted by atomic mass is 10.1. The van der Waals surface area contributed by atoms with E-state index < -0.39 is 0 Å². The van der Waals surface area contributed by atoms with Crippen LogP contribution in [0.2, 0.25) is 0 Å². The highest BCUT2D eigenvalue weighted by Crippen LogP contribution is 2.23. The lowest BCUT2D eigenvalue weighted by Crippen LogP contribution is -2.15. The van der Waals surface area contributed by atoms with Crippen LogP contribution in [0.5, 0.6) is 5.75 Å². The van der Waals surface area contributed by atoms with E-state index in [1.54, 1.807) is 0 Å². The van der Waals surface area contributed by atoms with Crippen molar-refractivity contribution in [2.24, 2.45) is 0 Å². The van der Waals surface area contributed by atoms with Gasteiger partial charge >= 0.3 is 0 Å². The summed E-state index contributed by atoms with van der Waals surface area (Å²) in [7, 11) is 0. The quantitative estimate of drug-likeness (QED) is 0.759. The van der Waals surface area contributed by atoms with E-state index in [0.29, 0.717) is 5.75 Å². The Morgan fingerprint density at radius 2 is 1.70 bits per heavy atom. The van der Waals surface area contributed by atoms with E-state index >= 15 is 0 Å².